The molecule has 0 aliphatic carbocycles. The molecule has 8 heteroatoms. The number of aliphatic imine (C=N–C) groups is 1. The molecule has 0 amide bonds. The highest BCUT2D eigenvalue weighted by Crippen LogP contribution is 2.21. The van der Waals surface area contributed by atoms with Crippen molar-refractivity contribution in [1.82, 2.24) is 20.4 Å². The van der Waals surface area contributed by atoms with Gasteiger partial charge in [0, 0.05) is 58.4 Å². The van der Waals surface area contributed by atoms with Crippen molar-refractivity contribution in [2.24, 2.45) is 10.9 Å². The Morgan fingerprint density at radius 1 is 1.21 bits per heavy atom. The maximum atomic E-state index is 12.6. The summed E-state index contributed by atoms with van der Waals surface area (Å²) in [5.74, 6) is 1.31. The summed E-state index contributed by atoms with van der Waals surface area (Å²) in [4.78, 5) is 9.07. The molecule has 1 heterocycles. The first-order valence-electron chi connectivity index (χ1n) is 9.77. The number of hydrogen-bond donors (Lipinski definition) is 2. The van der Waals surface area contributed by atoms with Crippen molar-refractivity contribution in [2.45, 2.75) is 27.0 Å². The lowest BCUT2D eigenvalue weighted by atomic mass is 10.1. The first kappa shape index (κ1) is 22.4. The zero-order valence-corrected chi connectivity index (χ0v) is 17.3. The van der Waals surface area contributed by atoms with Gasteiger partial charge in [-0.15, -0.1) is 0 Å². The third-order valence-corrected chi connectivity index (χ3v) is 4.89. The smallest absolute Gasteiger partial charge is 0.387 e. The number of alkyl halides is 2. The van der Waals surface area contributed by atoms with Crippen LogP contribution in [0.15, 0.2) is 23.2 Å². The number of aryl methyl sites for hydroxylation is 1. The van der Waals surface area contributed by atoms with Gasteiger partial charge in [0.15, 0.2) is 5.96 Å². The molecule has 0 spiro atoms. The topological polar surface area (TPSA) is 52.1 Å². The number of halogens is 2. The van der Waals surface area contributed by atoms with Crippen LogP contribution in [0.2, 0.25) is 0 Å². The molecule has 0 radical (unpaired) electrons. The Hall–Kier alpha value is -1.93. The van der Waals surface area contributed by atoms with Crippen molar-refractivity contribution < 1.29 is 13.5 Å². The number of benzene rings is 1. The van der Waals surface area contributed by atoms with Gasteiger partial charge in [0.2, 0.25) is 0 Å². The molecule has 0 saturated carbocycles. The highest BCUT2D eigenvalue weighted by atomic mass is 19.3. The molecule has 1 aromatic rings. The van der Waals surface area contributed by atoms with Crippen LogP contribution in [0.1, 0.15) is 18.1 Å². The molecule has 1 saturated heterocycles. The minimum absolute atomic E-state index is 0.187. The Morgan fingerprint density at radius 2 is 1.93 bits per heavy atom. The molecule has 6 nitrogen and oxygen atoms in total. The molecule has 28 heavy (non-hydrogen) atoms. The number of nitrogens with one attached hydrogen (secondary N) is 2. The molecular weight excluding hydrogens is 364 g/mol. The van der Waals surface area contributed by atoms with E-state index in [1.807, 2.05) is 13.0 Å². The van der Waals surface area contributed by atoms with Crippen molar-refractivity contribution in [2.75, 3.05) is 53.4 Å². The van der Waals surface area contributed by atoms with Gasteiger partial charge >= 0.3 is 6.61 Å². The lowest BCUT2D eigenvalue weighted by Gasteiger charge is -2.34. The summed E-state index contributed by atoms with van der Waals surface area (Å²) in [6, 6.07) is 5.18. The van der Waals surface area contributed by atoms with Crippen molar-refractivity contribution in [3.8, 4) is 5.75 Å². The van der Waals surface area contributed by atoms with E-state index in [0.717, 1.165) is 44.8 Å². The van der Waals surface area contributed by atoms with Crippen LogP contribution in [0.3, 0.4) is 0 Å². The number of hydrogen-bond acceptors (Lipinski definition) is 4. The number of guanidine groups is 1. The van der Waals surface area contributed by atoms with Gasteiger partial charge in [0.1, 0.15) is 5.75 Å². The van der Waals surface area contributed by atoms with Crippen LogP contribution in [0.5, 0.6) is 5.75 Å². The van der Waals surface area contributed by atoms with Gasteiger partial charge in [-0.25, -0.2) is 0 Å². The first-order valence-corrected chi connectivity index (χ1v) is 9.77. The average Bonchev–Trinajstić information content (AvgIpc) is 2.65. The van der Waals surface area contributed by atoms with E-state index in [0.29, 0.717) is 24.0 Å². The summed E-state index contributed by atoms with van der Waals surface area (Å²) in [5.41, 5.74) is 1.66. The van der Waals surface area contributed by atoms with Gasteiger partial charge in [-0.1, -0.05) is 24.6 Å². The molecule has 158 valence electrons. The average molecular weight is 398 g/mol. The Labute approximate surface area is 166 Å². The molecule has 0 bridgehead atoms. The van der Waals surface area contributed by atoms with Crippen molar-refractivity contribution in [3.05, 3.63) is 29.3 Å². The predicted molar refractivity (Wildman–Crippen MR) is 109 cm³/mol. The maximum Gasteiger partial charge on any atom is 0.387 e. The van der Waals surface area contributed by atoms with Crippen molar-refractivity contribution in [1.29, 1.82) is 0 Å². The highest BCUT2D eigenvalue weighted by Gasteiger charge is 2.16. The third-order valence-electron chi connectivity index (χ3n) is 4.89. The molecule has 1 aliphatic heterocycles. The van der Waals surface area contributed by atoms with Crippen LogP contribution in [-0.4, -0.2) is 75.7 Å². The molecule has 0 aromatic heterocycles. The summed E-state index contributed by atoms with van der Waals surface area (Å²) in [7, 11) is 3.86. The zero-order chi connectivity index (χ0) is 20.5. The summed E-state index contributed by atoms with van der Waals surface area (Å²) in [6.07, 6.45) is 0. The summed E-state index contributed by atoms with van der Waals surface area (Å²) in [6.45, 7) is 7.93. The zero-order valence-electron chi connectivity index (χ0n) is 17.3. The number of nitrogens with zero attached hydrogens (tertiary/aromatic N) is 3. The lowest BCUT2D eigenvalue weighted by Crippen LogP contribution is -2.47. The standard InChI is InChI=1S/C20H33F2N5O/c1-15-5-6-18(28-19(21)22)17(11-15)13-25-20(23-3)24-12-16(2)14-27-9-7-26(4)8-10-27/h5-6,11,16,19H,7-10,12-14H2,1-4H3,(H2,23,24,25). The quantitative estimate of drug-likeness (QED) is 0.520. The monoisotopic (exact) mass is 397 g/mol. The molecule has 2 N–H and O–H groups in total. The van der Waals surface area contributed by atoms with Crippen LogP contribution in [0.4, 0.5) is 8.78 Å². The fourth-order valence-electron chi connectivity index (χ4n) is 3.26. The Morgan fingerprint density at radius 3 is 2.57 bits per heavy atom. The Kier molecular flexibility index (Phi) is 8.92. The molecule has 1 unspecified atom stereocenters. The van der Waals surface area contributed by atoms with Crippen LogP contribution >= 0.6 is 0 Å². The number of ether oxygens (including phenoxy) is 1. The van der Waals surface area contributed by atoms with E-state index in [2.05, 4.69) is 44.1 Å². The largest absolute Gasteiger partial charge is 0.434 e. The Balaban J connectivity index is 1.80. The van der Waals surface area contributed by atoms with E-state index in [9.17, 15) is 8.78 Å². The second kappa shape index (κ2) is 11.2. The molecular formula is C20H33F2N5O. The molecule has 2 rings (SSSR count). The van der Waals surface area contributed by atoms with E-state index in [-0.39, 0.29) is 5.75 Å². The second-order valence-electron chi connectivity index (χ2n) is 7.51. The van der Waals surface area contributed by atoms with Crippen LogP contribution in [0, 0.1) is 12.8 Å². The van der Waals surface area contributed by atoms with E-state index < -0.39 is 6.61 Å². The van der Waals surface area contributed by atoms with Crippen LogP contribution < -0.4 is 15.4 Å². The van der Waals surface area contributed by atoms with Crippen molar-refractivity contribution in [3.63, 3.8) is 0 Å². The summed E-state index contributed by atoms with van der Waals surface area (Å²) < 4.78 is 29.8. The Bertz CT molecular complexity index is 633. The van der Waals surface area contributed by atoms with Gasteiger partial charge < -0.3 is 25.2 Å². The normalized spacial score (nSPS) is 17.6. The van der Waals surface area contributed by atoms with Gasteiger partial charge in [-0.3, -0.25) is 4.99 Å². The summed E-state index contributed by atoms with van der Waals surface area (Å²) >= 11 is 0. The third kappa shape index (κ3) is 7.59. The fraction of sp³-hybridized carbons (Fsp3) is 0.650. The maximum absolute atomic E-state index is 12.6. The van der Waals surface area contributed by atoms with E-state index in [1.54, 1.807) is 19.2 Å². The minimum Gasteiger partial charge on any atom is -0.434 e. The van der Waals surface area contributed by atoms with Crippen molar-refractivity contribution >= 4 is 5.96 Å². The van der Waals surface area contributed by atoms with Gasteiger partial charge in [-0.2, -0.15) is 8.78 Å². The molecule has 1 aliphatic rings. The molecule has 1 aromatic carbocycles. The number of rotatable bonds is 8. The SMILES string of the molecule is CN=C(NCc1cc(C)ccc1OC(F)F)NCC(C)CN1CCN(C)CC1. The van der Waals surface area contributed by atoms with Crippen LogP contribution in [-0.2, 0) is 6.54 Å². The predicted octanol–water partition coefficient (Wildman–Crippen LogP) is 2.14. The highest BCUT2D eigenvalue weighted by molar-refractivity contribution is 5.79. The molecule has 1 atom stereocenters. The van der Waals surface area contributed by atoms with E-state index >= 15 is 0 Å². The van der Waals surface area contributed by atoms with Gasteiger partial charge in [0.25, 0.3) is 0 Å². The first-order chi connectivity index (χ1) is 13.4. The minimum atomic E-state index is -2.84. The summed E-state index contributed by atoms with van der Waals surface area (Å²) in [5, 5.41) is 6.51. The van der Waals surface area contributed by atoms with Crippen LogP contribution in [0.25, 0.3) is 0 Å². The number of piperazine rings is 1. The lowest BCUT2D eigenvalue weighted by molar-refractivity contribution is -0.0504. The van der Waals surface area contributed by atoms with E-state index in [1.165, 1.54) is 0 Å². The number of likely N-dealkylation sites (N-methyl/N-ethyl adjacent to an activating group) is 1. The van der Waals surface area contributed by atoms with Gasteiger partial charge in [0.05, 0.1) is 0 Å². The fourth-order valence-corrected chi connectivity index (χ4v) is 3.26. The van der Waals surface area contributed by atoms with E-state index in [4.69, 9.17) is 0 Å². The van der Waals surface area contributed by atoms with Gasteiger partial charge in [-0.05, 0) is 26.0 Å². The second-order valence-corrected chi connectivity index (χ2v) is 7.51. The molecule has 1 fully saturated rings.